The average Bonchev–Trinajstić information content (AvgIpc) is 2.64. The zero-order valence-electron chi connectivity index (χ0n) is 10.3. The van der Waals surface area contributed by atoms with Crippen molar-refractivity contribution in [1.82, 2.24) is 5.32 Å². The molecule has 0 fully saturated rings. The summed E-state index contributed by atoms with van der Waals surface area (Å²) in [4.78, 5) is 12.6. The third-order valence-corrected chi connectivity index (χ3v) is 2.73. The van der Waals surface area contributed by atoms with Gasteiger partial charge in [-0.05, 0) is 32.2 Å². The third-order valence-electron chi connectivity index (χ3n) is 1.82. The van der Waals surface area contributed by atoms with E-state index in [0.29, 0.717) is 11.3 Å². The second kappa shape index (κ2) is 5.85. The van der Waals surface area contributed by atoms with Crippen molar-refractivity contribution in [3.8, 4) is 11.8 Å². The molecule has 0 aliphatic rings. The molecule has 0 bridgehead atoms. The highest BCUT2D eigenvalue weighted by Gasteiger charge is 2.18. The van der Waals surface area contributed by atoms with Crippen LogP contribution in [0.1, 0.15) is 42.4 Å². The first kappa shape index (κ1) is 13.8. The Hall–Kier alpha value is -1.31. The summed E-state index contributed by atoms with van der Waals surface area (Å²) in [6, 6.07) is 1.83. The van der Waals surface area contributed by atoms with Crippen molar-refractivity contribution < 1.29 is 9.90 Å². The second-order valence-corrected chi connectivity index (χ2v) is 5.56. The first-order valence-corrected chi connectivity index (χ1v) is 6.32. The molecule has 1 aromatic heterocycles. The number of aliphatic hydroxyl groups excluding tert-OH is 1. The van der Waals surface area contributed by atoms with Gasteiger partial charge >= 0.3 is 0 Å². The molecule has 4 heteroatoms. The van der Waals surface area contributed by atoms with E-state index in [-0.39, 0.29) is 18.1 Å². The van der Waals surface area contributed by atoms with Crippen LogP contribution in [0, 0.1) is 11.8 Å². The van der Waals surface area contributed by atoms with Crippen LogP contribution in [-0.4, -0.2) is 23.2 Å². The monoisotopic (exact) mass is 251 g/mol. The summed E-state index contributed by atoms with van der Waals surface area (Å²) in [5.74, 6) is 5.63. The van der Waals surface area contributed by atoms with Crippen molar-refractivity contribution in [2.24, 2.45) is 0 Å². The fourth-order valence-corrected chi connectivity index (χ4v) is 1.94. The topological polar surface area (TPSA) is 49.3 Å². The van der Waals surface area contributed by atoms with Gasteiger partial charge in [-0.1, -0.05) is 11.8 Å². The van der Waals surface area contributed by atoms with Gasteiger partial charge in [0.05, 0.1) is 6.61 Å². The third kappa shape index (κ3) is 4.59. The number of rotatable bonds is 2. The zero-order valence-corrected chi connectivity index (χ0v) is 11.1. The minimum Gasteiger partial charge on any atom is -0.395 e. The van der Waals surface area contributed by atoms with Crippen LogP contribution in [0.3, 0.4) is 0 Å². The number of carbonyl (C=O) groups is 1. The average molecular weight is 251 g/mol. The van der Waals surface area contributed by atoms with E-state index in [9.17, 15) is 4.79 Å². The molecule has 17 heavy (non-hydrogen) atoms. The van der Waals surface area contributed by atoms with Gasteiger partial charge in [0.2, 0.25) is 0 Å². The molecule has 1 heterocycles. The first-order valence-electron chi connectivity index (χ1n) is 5.44. The maximum absolute atomic E-state index is 12.0. The zero-order chi connectivity index (χ0) is 12.9. The number of amides is 1. The Labute approximate surface area is 106 Å². The molecular weight excluding hydrogens is 234 g/mol. The predicted octanol–water partition coefficient (Wildman–Crippen LogP) is 2.01. The van der Waals surface area contributed by atoms with Gasteiger partial charge in [-0.3, -0.25) is 4.79 Å². The van der Waals surface area contributed by atoms with Gasteiger partial charge in [0.25, 0.3) is 5.91 Å². The summed E-state index contributed by atoms with van der Waals surface area (Å²) in [6.45, 7) is 5.86. The Morgan fingerprint density at radius 3 is 2.82 bits per heavy atom. The summed E-state index contributed by atoms with van der Waals surface area (Å²) in [7, 11) is 0. The Bertz CT molecular complexity index is 446. The van der Waals surface area contributed by atoms with Gasteiger partial charge < -0.3 is 10.4 Å². The van der Waals surface area contributed by atoms with Gasteiger partial charge in [-0.2, -0.15) is 0 Å². The molecule has 0 aromatic carbocycles. The molecule has 0 spiro atoms. The van der Waals surface area contributed by atoms with Crippen LogP contribution < -0.4 is 5.32 Å². The fourth-order valence-electron chi connectivity index (χ4n) is 1.19. The van der Waals surface area contributed by atoms with Crippen molar-refractivity contribution in [1.29, 1.82) is 0 Å². The SMILES string of the molecule is CC(C)(C)NC(=O)c1sccc1C#CCCO. The maximum Gasteiger partial charge on any atom is 0.263 e. The van der Waals surface area contributed by atoms with E-state index in [1.54, 1.807) is 0 Å². The van der Waals surface area contributed by atoms with Crippen molar-refractivity contribution in [3.63, 3.8) is 0 Å². The smallest absolute Gasteiger partial charge is 0.263 e. The highest BCUT2D eigenvalue weighted by atomic mass is 32.1. The molecule has 0 radical (unpaired) electrons. The Balaban J connectivity index is 2.83. The highest BCUT2D eigenvalue weighted by Crippen LogP contribution is 2.16. The molecule has 0 atom stereocenters. The lowest BCUT2D eigenvalue weighted by Crippen LogP contribution is -2.40. The number of hydrogen-bond donors (Lipinski definition) is 2. The Morgan fingerprint density at radius 2 is 2.24 bits per heavy atom. The molecule has 0 saturated carbocycles. The van der Waals surface area contributed by atoms with Crippen molar-refractivity contribution in [2.75, 3.05) is 6.61 Å². The molecule has 92 valence electrons. The first-order chi connectivity index (χ1) is 7.94. The van der Waals surface area contributed by atoms with Gasteiger partial charge in [-0.15, -0.1) is 11.3 Å². The lowest BCUT2D eigenvalue weighted by Gasteiger charge is -2.19. The normalized spacial score (nSPS) is 10.6. The van der Waals surface area contributed by atoms with Crippen LogP contribution in [-0.2, 0) is 0 Å². The number of nitrogens with one attached hydrogen (secondary N) is 1. The van der Waals surface area contributed by atoms with Gasteiger partial charge in [0.15, 0.2) is 0 Å². The predicted molar refractivity (Wildman–Crippen MR) is 70.1 cm³/mol. The van der Waals surface area contributed by atoms with E-state index in [1.165, 1.54) is 11.3 Å². The maximum atomic E-state index is 12.0. The standard InChI is InChI=1S/C13H17NO2S/c1-13(2,3)14-12(16)11-10(7-9-17-11)6-4-5-8-15/h7,9,15H,5,8H2,1-3H3,(H,14,16). The molecule has 0 aliphatic heterocycles. The van der Waals surface area contributed by atoms with Gasteiger partial charge in [-0.25, -0.2) is 0 Å². The quantitative estimate of drug-likeness (QED) is 0.790. The molecule has 1 amide bonds. The van der Waals surface area contributed by atoms with Gasteiger partial charge in [0.1, 0.15) is 4.88 Å². The van der Waals surface area contributed by atoms with Crippen molar-refractivity contribution >= 4 is 17.2 Å². The number of aliphatic hydroxyl groups is 1. The molecule has 0 saturated heterocycles. The molecule has 0 aliphatic carbocycles. The largest absolute Gasteiger partial charge is 0.395 e. The van der Waals surface area contributed by atoms with Crippen LogP contribution in [0.2, 0.25) is 0 Å². The van der Waals surface area contributed by atoms with Crippen LogP contribution in [0.25, 0.3) is 0 Å². The van der Waals surface area contributed by atoms with Crippen molar-refractivity contribution in [3.05, 3.63) is 21.9 Å². The fraction of sp³-hybridized carbons (Fsp3) is 0.462. The highest BCUT2D eigenvalue weighted by molar-refractivity contribution is 7.12. The van der Waals surface area contributed by atoms with Crippen LogP contribution in [0.4, 0.5) is 0 Å². The summed E-state index contributed by atoms with van der Waals surface area (Å²) in [5, 5.41) is 13.4. The van der Waals surface area contributed by atoms with Crippen LogP contribution in [0.5, 0.6) is 0 Å². The van der Waals surface area contributed by atoms with E-state index < -0.39 is 0 Å². The lowest BCUT2D eigenvalue weighted by atomic mass is 10.1. The van der Waals surface area contributed by atoms with Crippen molar-refractivity contribution in [2.45, 2.75) is 32.7 Å². The van der Waals surface area contributed by atoms with E-state index in [2.05, 4.69) is 17.2 Å². The number of thiophene rings is 1. The number of carbonyl (C=O) groups excluding carboxylic acids is 1. The van der Waals surface area contributed by atoms with E-state index in [1.807, 2.05) is 32.2 Å². The van der Waals surface area contributed by atoms with Crippen LogP contribution in [0.15, 0.2) is 11.4 Å². The minimum atomic E-state index is -0.253. The summed E-state index contributed by atoms with van der Waals surface area (Å²) in [5.41, 5.74) is 0.474. The molecule has 1 rings (SSSR count). The number of hydrogen-bond acceptors (Lipinski definition) is 3. The molecule has 2 N–H and O–H groups in total. The van der Waals surface area contributed by atoms with E-state index in [0.717, 1.165) is 5.56 Å². The molecule has 0 unspecified atom stereocenters. The summed E-state index contributed by atoms with van der Waals surface area (Å²) >= 11 is 1.38. The Morgan fingerprint density at radius 1 is 1.53 bits per heavy atom. The molecular formula is C13H17NO2S. The lowest BCUT2D eigenvalue weighted by molar-refractivity contribution is 0.0923. The second-order valence-electron chi connectivity index (χ2n) is 4.64. The van der Waals surface area contributed by atoms with Crippen LogP contribution >= 0.6 is 11.3 Å². The summed E-state index contributed by atoms with van der Waals surface area (Å²) < 4.78 is 0. The molecule has 1 aromatic rings. The van der Waals surface area contributed by atoms with E-state index in [4.69, 9.17) is 5.11 Å². The van der Waals surface area contributed by atoms with E-state index >= 15 is 0 Å². The Kier molecular flexibility index (Phi) is 4.73. The minimum absolute atomic E-state index is 0.0423. The van der Waals surface area contributed by atoms with Gasteiger partial charge in [0, 0.05) is 17.5 Å². The molecule has 3 nitrogen and oxygen atoms in total. The summed E-state index contributed by atoms with van der Waals surface area (Å²) in [6.07, 6.45) is 0.427.